The zero-order valence-electron chi connectivity index (χ0n) is 10.1. The van der Waals surface area contributed by atoms with Crippen LogP contribution in [0, 0.1) is 6.92 Å². The largest absolute Gasteiger partial charge is 0.496 e. The first-order valence-electron chi connectivity index (χ1n) is 5.57. The molecule has 0 heterocycles. The van der Waals surface area contributed by atoms with Gasteiger partial charge in [-0.1, -0.05) is 32.1 Å². The van der Waals surface area contributed by atoms with Crippen molar-refractivity contribution in [2.75, 3.05) is 7.11 Å². The van der Waals surface area contributed by atoms with Gasteiger partial charge in [0.15, 0.2) is 0 Å². The van der Waals surface area contributed by atoms with Crippen LogP contribution in [0.5, 0.6) is 5.75 Å². The zero-order chi connectivity index (χ0) is 11.3. The van der Waals surface area contributed by atoms with E-state index in [0.717, 1.165) is 18.6 Å². The highest BCUT2D eigenvalue weighted by Crippen LogP contribution is 2.27. The summed E-state index contributed by atoms with van der Waals surface area (Å²) in [7, 11) is 1.73. The molecule has 0 saturated heterocycles. The Labute approximate surface area is 92.8 Å². The second kappa shape index (κ2) is 5.59. The van der Waals surface area contributed by atoms with Crippen molar-refractivity contribution in [3.05, 3.63) is 34.9 Å². The quantitative estimate of drug-likeness (QED) is 0.720. The molecule has 0 fully saturated rings. The van der Waals surface area contributed by atoms with E-state index in [1.807, 2.05) is 0 Å². The van der Waals surface area contributed by atoms with Crippen LogP contribution in [0.2, 0.25) is 0 Å². The fourth-order valence-corrected chi connectivity index (χ4v) is 1.79. The lowest BCUT2D eigenvalue weighted by Gasteiger charge is -2.12. The molecule has 0 bridgehead atoms. The molecule has 1 aromatic carbocycles. The summed E-state index contributed by atoms with van der Waals surface area (Å²) in [5.41, 5.74) is 3.94. The third kappa shape index (κ3) is 2.62. The van der Waals surface area contributed by atoms with Gasteiger partial charge in [-0.25, -0.2) is 0 Å². The molecule has 0 N–H and O–H groups in total. The molecular formula is C14H20O. The van der Waals surface area contributed by atoms with Crippen molar-refractivity contribution in [3.8, 4) is 5.75 Å². The molecule has 0 atom stereocenters. The fourth-order valence-electron chi connectivity index (χ4n) is 1.79. The summed E-state index contributed by atoms with van der Waals surface area (Å²) in [5.74, 6) is 0.999. The van der Waals surface area contributed by atoms with E-state index in [1.165, 1.54) is 16.7 Å². The highest BCUT2D eigenvalue weighted by molar-refractivity contribution is 5.61. The summed E-state index contributed by atoms with van der Waals surface area (Å²) in [6.45, 7) is 6.46. The molecule has 1 aromatic rings. The van der Waals surface area contributed by atoms with Crippen molar-refractivity contribution >= 4 is 6.08 Å². The molecule has 0 unspecified atom stereocenters. The third-order valence-corrected chi connectivity index (χ3v) is 2.63. The molecule has 15 heavy (non-hydrogen) atoms. The summed E-state index contributed by atoms with van der Waals surface area (Å²) in [4.78, 5) is 0. The van der Waals surface area contributed by atoms with E-state index in [0.29, 0.717) is 0 Å². The molecule has 0 aliphatic carbocycles. The molecule has 0 radical (unpaired) electrons. The standard InChI is InChI=1S/C14H20O/c1-5-7-8-13-11(3)9-10-14(15-4)12(13)6-2/h7-10H,5-6H2,1-4H3/b8-7-. The van der Waals surface area contributed by atoms with Crippen LogP contribution in [-0.4, -0.2) is 7.11 Å². The summed E-state index contributed by atoms with van der Waals surface area (Å²) in [5, 5.41) is 0. The van der Waals surface area contributed by atoms with Gasteiger partial charge in [0.05, 0.1) is 7.11 Å². The lowest BCUT2D eigenvalue weighted by Crippen LogP contribution is -1.96. The van der Waals surface area contributed by atoms with E-state index in [-0.39, 0.29) is 0 Å². The number of hydrogen-bond donors (Lipinski definition) is 0. The van der Waals surface area contributed by atoms with Gasteiger partial charge in [-0.3, -0.25) is 0 Å². The SMILES string of the molecule is CC/C=C\c1c(C)ccc(OC)c1CC. The fraction of sp³-hybridized carbons (Fsp3) is 0.429. The molecule has 1 nitrogen and oxygen atoms in total. The van der Waals surface area contributed by atoms with Crippen molar-refractivity contribution < 1.29 is 4.74 Å². The molecular weight excluding hydrogens is 184 g/mol. The van der Waals surface area contributed by atoms with Gasteiger partial charge in [0, 0.05) is 5.56 Å². The first-order valence-corrected chi connectivity index (χ1v) is 5.57. The van der Waals surface area contributed by atoms with E-state index in [9.17, 15) is 0 Å². The maximum Gasteiger partial charge on any atom is 0.122 e. The number of aryl methyl sites for hydroxylation is 1. The van der Waals surface area contributed by atoms with Crippen LogP contribution in [0.4, 0.5) is 0 Å². The lowest BCUT2D eigenvalue weighted by molar-refractivity contribution is 0.410. The molecule has 0 amide bonds. The first-order chi connectivity index (χ1) is 7.24. The summed E-state index contributed by atoms with van der Waals surface area (Å²) in [6.07, 6.45) is 6.48. The number of benzene rings is 1. The minimum absolute atomic E-state index is 0.999. The van der Waals surface area contributed by atoms with Gasteiger partial charge in [-0.2, -0.15) is 0 Å². The number of ether oxygens (including phenoxy) is 1. The van der Waals surface area contributed by atoms with Gasteiger partial charge in [0.2, 0.25) is 0 Å². The number of allylic oxidation sites excluding steroid dienone is 1. The Hall–Kier alpha value is -1.24. The number of methoxy groups -OCH3 is 1. The van der Waals surface area contributed by atoms with Crippen LogP contribution in [0.1, 0.15) is 37.0 Å². The van der Waals surface area contributed by atoms with E-state index in [4.69, 9.17) is 4.74 Å². The average molecular weight is 204 g/mol. The molecule has 0 saturated carbocycles. The molecule has 0 spiro atoms. The lowest BCUT2D eigenvalue weighted by atomic mass is 9.98. The Morgan fingerprint density at radius 2 is 2.00 bits per heavy atom. The van der Waals surface area contributed by atoms with Gasteiger partial charge >= 0.3 is 0 Å². The Morgan fingerprint density at radius 1 is 1.27 bits per heavy atom. The molecule has 0 aromatic heterocycles. The molecule has 1 heteroatoms. The number of hydrogen-bond acceptors (Lipinski definition) is 1. The monoisotopic (exact) mass is 204 g/mol. The highest BCUT2D eigenvalue weighted by Gasteiger charge is 2.07. The van der Waals surface area contributed by atoms with Gasteiger partial charge in [0.1, 0.15) is 5.75 Å². The molecule has 82 valence electrons. The van der Waals surface area contributed by atoms with Crippen LogP contribution >= 0.6 is 0 Å². The van der Waals surface area contributed by atoms with E-state index in [2.05, 4.69) is 45.1 Å². The average Bonchev–Trinajstić information content (AvgIpc) is 2.27. The zero-order valence-corrected chi connectivity index (χ0v) is 10.1. The Bertz CT molecular complexity index is 351. The Morgan fingerprint density at radius 3 is 2.53 bits per heavy atom. The van der Waals surface area contributed by atoms with Crippen molar-refractivity contribution in [1.29, 1.82) is 0 Å². The van der Waals surface area contributed by atoms with Crippen LogP contribution in [0.15, 0.2) is 18.2 Å². The molecule has 0 aliphatic heterocycles. The number of rotatable bonds is 4. The predicted octanol–water partition coefficient (Wildman–Crippen LogP) is 3.99. The predicted molar refractivity (Wildman–Crippen MR) is 66.4 cm³/mol. The van der Waals surface area contributed by atoms with E-state index >= 15 is 0 Å². The van der Waals surface area contributed by atoms with Crippen LogP contribution in [0.3, 0.4) is 0 Å². The minimum Gasteiger partial charge on any atom is -0.496 e. The van der Waals surface area contributed by atoms with Crippen LogP contribution in [0.25, 0.3) is 6.08 Å². The smallest absolute Gasteiger partial charge is 0.122 e. The Balaban J connectivity index is 3.25. The topological polar surface area (TPSA) is 9.23 Å². The minimum atomic E-state index is 0.999. The van der Waals surface area contributed by atoms with Crippen LogP contribution in [-0.2, 0) is 6.42 Å². The second-order valence-electron chi connectivity index (χ2n) is 3.64. The summed E-state index contributed by atoms with van der Waals surface area (Å²) in [6, 6.07) is 4.17. The third-order valence-electron chi connectivity index (χ3n) is 2.63. The van der Waals surface area contributed by atoms with Gasteiger partial charge in [-0.15, -0.1) is 0 Å². The van der Waals surface area contributed by atoms with E-state index in [1.54, 1.807) is 7.11 Å². The Kier molecular flexibility index (Phi) is 4.41. The van der Waals surface area contributed by atoms with E-state index < -0.39 is 0 Å². The highest BCUT2D eigenvalue weighted by atomic mass is 16.5. The van der Waals surface area contributed by atoms with Crippen molar-refractivity contribution in [3.63, 3.8) is 0 Å². The summed E-state index contributed by atoms with van der Waals surface area (Å²) >= 11 is 0. The van der Waals surface area contributed by atoms with Crippen molar-refractivity contribution in [2.24, 2.45) is 0 Å². The van der Waals surface area contributed by atoms with Gasteiger partial charge in [0.25, 0.3) is 0 Å². The second-order valence-corrected chi connectivity index (χ2v) is 3.64. The molecule has 1 rings (SSSR count). The normalized spacial score (nSPS) is 10.9. The van der Waals surface area contributed by atoms with Gasteiger partial charge < -0.3 is 4.74 Å². The van der Waals surface area contributed by atoms with Crippen molar-refractivity contribution in [2.45, 2.75) is 33.6 Å². The first kappa shape index (κ1) is 11.8. The maximum absolute atomic E-state index is 5.38. The van der Waals surface area contributed by atoms with Gasteiger partial charge in [-0.05, 0) is 37.0 Å². The van der Waals surface area contributed by atoms with Crippen LogP contribution < -0.4 is 4.74 Å². The maximum atomic E-state index is 5.38. The van der Waals surface area contributed by atoms with Crippen molar-refractivity contribution in [1.82, 2.24) is 0 Å². The molecule has 0 aliphatic rings. The summed E-state index contributed by atoms with van der Waals surface area (Å²) < 4.78 is 5.38.